The van der Waals surface area contributed by atoms with Gasteiger partial charge in [0.2, 0.25) is 0 Å². The van der Waals surface area contributed by atoms with Gasteiger partial charge in [0.25, 0.3) is 0 Å². The summed E-state index contributed by atoms with van der Waals surface area (Å²) in [6.07, 6.45) is 10.8. The van der Waals surface area contributed by atoms with Crippen LogP contribution in [-0.4, -0.2) is 18.1 Å². The SMILES string of the molecule is CCC1CCN(c2nc3c(s2)C=CCC3)CC1. The maximum Gasteiger partial charge on any atom is 0.186 e. The van der Waals surface area contributed by atoms with Gasteiger partial charge in [-0.1, -0.05) is 30.8 Å². The summed E-state index contributed by atoms with van der Waals surface area (Å²) >= 11 is 1.88. The fourth-order valence-electron chi connectivity index (χ4n) is 2.74. The predicted molar refractivity (Wildman–Crippen MR) is 74.7 cm³/mol. The molecule has 1 aliphatic heterocycles. The van der Waals surface area contributed by atoms with Crippen LogP contribution >= 0.6 is 11.3 Å². The summed E-state index contributed by atoms with van der Waals surface area (Å²) in [4.78, 5) is 8.70. The second kappa shape index (κ2) is 4.81. The Hall–Kier alpha value is -0.830. The van der Waals surface area contributed by atoms with Crippen LogP contribution < -0.4 is 4.90 Å². The highest BCUT2D eigenvalue weighted by molar-refractivity contribution is 7.16. The Labute approximate surface area is 107 Å². The third-order valence-corrected chi connectivity index (χ3v) is 5.12. The highest BCUT2D eigenvalue weighted by atomic mass is 32.1. The van der Waals surface area contributed by atoms with Crippen LogP contribution in [0, 0.1) is 5.92 Å². The molecular formula is C14H20N2S. The van der Waals surface area contributed by atoms with E-state index in [1.54, 1.807) is 0 Å². The lowest BCUT2D eigenvalue weighted by atomic mass is 9.95. The molecule has 0 radical (unpaired) electrons. The van der Waals surface area contributed by atoms with Crippen LogP contribution in [0.3, 0.4) is 0 Å². The Kier molecular flexibility index (Phi) is 3.19. The highest BCUT2D eigenvalue weighted by Crippen LogP contribution is 2.33. The van der Waals surface area contributed by atoms with Gasteiger partial charge >= 0.3 is 0 Å². The first kappa shape index (κ1) is 11.3. The van der Waals surface area contributed by atoms with Crippen molar-refractivity contribution >= 4 is 22.5 Å². The van der Waals surface area contributed by atoms with E-state index >= 15 is 0 Å². The number of aryl methyl sites for hydroxylation is 1. The van der Waals surface area contributed by atoms with Gasteiger partial charge in [-0.15, -0.1) is 0 Å². The van der Waals surface area contributed by atoms with Crippen molar-refractivity contribution in [2.75, 3.05) is 18.0 Å². The molecule has 1 aliphatic carbocycles. The first-order valence-corrected chi connectivity index (χ1v) is 7.59. The molecule has 0 atom stereocenters. The number of fused-ring (bicyclic) bond motifs is 1. The van der Waals surface area contributed by atoms with Crippen molar-refractivity contribution in [2.45, 2.75) is 39.0 Å². The second-order valence-electron chi connectivity index (χ2n) is 5.09. The van der Waals surface area contributed by atoms with E-state index in [4.69, 9.17) is 4.98 Å². The number of aromatic nitrogens is 1. The van der Waals surface area contributed by atoms with Crippen LogP contribution in [0.2, 0.25) is 0 Å². The van der Waals surface area contributed by atoms with E-state index in [0.717, 1.165) is 18.8 Å². The molecule has 1 aromatic rings. The van der Waals surface area contributed by atoms with Crippen LogP contribution in [0.5, 0.6) is 0 Å². The van der Waals surface area contributed by atoms with Crippen LogP contribution in [-0.2, 0) is 6.42 Å². The molecular weight excluding hydrogens is 228 g/mol. The van der Waals surface area contributed by atoms with Gasteiger partial charge in [0, 0.05) is 13.1 Å². The minimum Gasteiger partial charge on any atom is -0.348 e. The molecule has 0 bridgehead atoms. The maximum absolute atomic E-state index is 4.82. The van der Waals surface area contributed by atoms with E-state index in [2.05, 4.69) is 24.0 Å². The van der Waals surface area contributed by atoms with Crippen molar-refractivity contribution < 1.29 is 0 Å². The van der Waals surface area contributed by atoms with Gasteiger partial charge in [-0.05, 0) is 37.7 Å². The van der Waals surface area contributed by atoms with Crippen molar-refractivity contribution in [1.29, 1.82) is 0 Å². The normalized spacial score (nSPS) is 20.6. The molecule has 0 aromatic carbocycles. The summed E-state index contributed by atoms with van der Waals surface area (Å²) in [5.41, 5.74) is 1.32. The van der Waals surface area contributed by atoms with E-state index in [-0.39, 0.29) is 0 Å². The molecule has 0 spiro atoms. The topological polar surface area (TPSA) is 16.1 Å². The van der Waals surface area contributed by atoms with Gasteiger partial charge in [-0.3, -0.25) is 0 Å². The molecule has 0 N–H and O–H groups in total. The average molecular weight is 248 g/mol. The molecule has 0 amide bonds. The molecule has 2 aliphatic rings. The third kappa shape index (κ3) is 2.25. The second-order valence-corrected chi connectivity index (χ2v) is 6.10. The smallest absolute Gasteiger partial charge is 0.186 e. The Morgan fingerprint density at radius 2 is 2.24 bits per heavy atom. The first-order chi connectivity index (χ1) is 8.36. The Balaban J connectivity index is 1.73. The van der Waals surface area contributed by atoms with E-state index in [1.807, 2.05) is 11.3 Å². The molecule has 2 heterocycles. The quantitative estimate of drug-likeness (QED) is 0.793. The Bertz CT molecular complexity index is 414. The minimum absolute atomic E-state index is 0.945. The maximum atomic E-state index is 4.82. The lowest BCUT2D eigenvalue weighted by Gasteiger charge is -2.31. The fourth-order valence-corrected chi connectivity index (χ4v) is 3.83. The van der Waals surface area contributed by atoms with Gasteiger partial charge in [-0.2, -0.15) is 0 Å². The third-order valence-electron chi connectivity index (χ3n) is 4.00. The number of piperidine rings is 1. The molecule has 1 saturated heterocycles. The number of nitrogens with zero attached hydrogens (tertiary/aromatic N) is 2. The average Bonchev–Trinajstić information content (AvgIpc) is 2.82. The molecule has 92 valence electrons. The lowest BCUT2D eigenvalue weighted by molar-refractivity contribution is 0.395. The van der Waals surface area contributed by atoms with Gasteiger partial charge in [-0.25, -0.2) is 4.98 Å². The minimum atomic E-state index is 0.945. The van der Waals surface area contributed by atoms with Gasteiger partial charge < -0.3 is 4.90 Å². The van der Waals surface area contributed by atoms with Crippen LogP contribution in [0.1, 0.15) is 43.2 Å². The van der Waals surface area contributed by atoms with Gasteiger partial charge in [0.1, 0.15) is 0 Å². The number of hydrogen-bond donors (Lipinski definition) is 0. The van der Waals surface area contributed by atoms with E-state index in [0.29, 0.717) is 0 Å². The van der Waals surface area contributed by atoms with Crippen LogP contribution in [0.25, 0.3) is 6.08 Å². The summed E-state index contributed by atoms with van der Waals surface area (Å²) in [6.45, 7) is 4.72. The van der Waals surface area contributed by atoms with Crippen LogP contribution in [0.4, 0.5) is 5.13 Å². The number of rotatable bonds is 2. The highest BCUT2D eigenvalue weighted by Gasteiger charge is 2.21. The molecule has 0 unspecified atom stereocenters. The number of thiazole rings is 1. The standard InChI is InChI=1S/C14H20N2S/c1-2-11-7-9-16(10-8-11)14-15-12-5-3-4-6-13(12)17-14/h4,6,11H,2-3,5,7-10H2,1H3. The zero-order valence-electron chi connectivity index (χ0n) is 10.5. The summed E-state index contributed by atoms with van der Waals surface area (Å²) in [7, 11) is 0. The first-order valence-electron chi connectivity index (χ1n) is 6.78. The zero-order valence-corrected chi connectivity index (χ0v) is 11.3. The summed E-state index contributed by atoms with van der Waals surface area (Å²) in [6, 6.07) is 0. The molecule has 1 aromatic heterocycles. The molecule has 2 nitrogen and oxygen atoms in total. The predicted octanol–water partition coefficient (Wildman–Crippen LogP) is 3.73. The molecule has 1 fully saturated rings. The van der Waals surface area contributed by atoms with Crippen molar-refractivity contribution in [2.24, 2.45) is 5.92 Å². The van der Waals surface area contributed by atoms with Crippen molar-refractivity contribution in [3.63, 3.8) is 0 Å². The molecule has 17 heavy (non-hydrogen) atoms. The lowest BCUT2D eigenvalue weighted by Crippen LogP contribution is -2.33. The van der Waals surface area contributed by atoms with Gasteiger partial charge in [0.15, 0.2) is 5.13 Å². The zero-order chi connectivity index (χ0) is 11.7. The Morgan fingerprint density at radius 3 is 2.94 bits per heavy atom. The molecule has 0 saturated carbocycles. The van der Waals surface area contributed by atoms with Crippen molar-refractivity contribution in [1.82, 2.24) is 4.98 Å². The number of anilines is 1. The summed E-state index contributed by atoms with van der Waals surface area (Å²) in [5.74, 6) is 0.945. The number of hydrogen-bond acceptors (Lipinski definition) is 3. The van der Waals surface area contributed by atoms with E-state index in [1.165, 1.54) is 48.1 Å². The summed E-state index contributed by atoms with van der Waals surface area (Å²) in [5, 5.41) is 1.26. The van der Waals surface area contributed by atoms with Crippen molar-refractivity contribution in [3.8, 4) is 0 Å². The van der Waals surface area contributed by atoms with Crippen LogP contribution in [0.15, 0.2) is 6.08 Å². The largest absolute Gasteiger partial charge is 0.348 e. The monoisotopic (exact) mass is 248 g/mol. The molecule has 3 rings (SSSR count). The fraction of sp³-hybridized carbons (Fsp3) is 0.643. The van der Waals surface area contributed by atoms with Gasteiger partial charge in [0.05, 0.1) is 10.6 Å². The number of allylic oxidation sites excluding steroid dienone is 1. The van der Waals surface area contributed by atoms with Crippen molar-refractivity contribution in [3.05, 3.63) is 16.6 Å². The van der Waals surface area contributed by atoms with E-state index in [9.17, 15) is 0 Å². The molecule has 3 heteroatoms. The van der Waals surface area contributed by atoms with E-state index < -0.39 is 0 Å². The summed E-state index contributed by atoms with van der Waals surface area (Å²) < 4.78 is 0. The Morgan fingerprint density at radius 1 is 1.41 bits per heavy atom.